The number of aliphatic hydroxyl groups excluding tert-OH is 1. The maximum Gasteiger partial charge on any atom is 0.250 e. The van der Waals surface area contributed by atoms with E-state index in [0.717, 1.165) is 6.07 Å². The predicted molar refractivity (Wildman–Crippen MR) is 47.1 cm³/mol. The van der Waals surface area contributed by atoms with Crippen molar-refractivity contribution >= 4 is 23.2 Å². The van der Waals surface area contributed by atoms with Crippen molar-refractivity contribution in [2.24, 2.45) is 0 Å². The topological polar surface area (TPSA) is 49.3 Å². The normalized spacial score (nSPS) is 9.77. The largest absolute Gasteiger partial charge is 0.387 e. The smallest absolute Gasteiger partial charge is 0.250 e. The summed E-state index contributed by atoms with van der Waals surface area (Å²) in [6, 6.07) is 3.77. The highest BCUT2D eigenvalue weighted by Gasteiger charge is 2.05. The summed E-state index contributed by atoms with van der Waals surface area (Å²) in [5.41, 5.74) is -0.0356. The van der Waals surface area contributed by atoms with Crippen molar-refractivity contribution < 1.29 is 14.3 Å². The van der Waals surface area contributed by atoms with Crippen LogP contribution in [0, 0.1) is 5.82 Å². The Balaban J connectivity index is 2.87. The lowest BCUT2D eigenvalue weighted by atomic mass is 10.3. The molecule has 0 atom stereocenters. The number of carbonyl (C=O) groups is 1. The van der Waals surface area contributed by atoms with Gasteiger partial charge in [0.05, 0.1) is 5.69 Å². The highest BCUT2D eigenvalue weighted by Crippen LogP contribution is 2.19. The molecular weight excluding hydrogens is 197 g/mol. The Labute approximate surface area is 79.1 Å². The highest BCUT2D eigenvalue weighted by molar-refractivity contribution is 6.30. The van der Waals surface area contributed by atoms with Crippen LogP contribution < -0.4 is 5.32 Å². The van der Waals surface area contributed by atoms with Crippen LogP contribution in [0.1, 0.15) is 0 Å². The number of benzene rings is 1. The Bertz CT molecular complexity index is 330. The summed E-state index contributed by atoms with van der Waals surface area (Å²) >= 11 is 5.56. The highest BCUT2D eigenvalue weighted by atomic mass is 35.5. The van der Waals surface area contributed by atoms with Gasteiger partial charge >= 0.3 is 0 Å². The lowest BCUT2D eigenvalue weighted by Gasteiger charge is -2.04. The van der Waals surface area contributed by atoms with E-state index >= 15 is 0 Å². The number of anilines is 1. The van der Waals surface area contributed by atoms with Crippen molar-refractivity contribution in [2.75, 3.05) is 11.9 Å². The molecule has 0 saturated carbocycles. The number of hydrogen-bond donors (Lipinski definition) is 2. The molecule has 0 spiro atoms. The summed E-state index contributed by atoms with van der Waals surface area (Å²) in [6.45, 7) is -0.689. The Morgan fingerprint density at radius 1 is 1.62 bits per heavy atom. The SMILES string of the molecule is O=C(CO)Nc1cc(Cl)ccc1F. The summed E-state index contributed by atoms with van der Waals surface area (Å²) < 4.78 is 12.9. The molecule has 13 heavy (non-hydrogen) atoms. The molecule has 1 amide bonds. The van der Waals surface area contributed by atoms with Gasteiger partial charge in [-0.3, -0.25) is 4.79 Å². The van der Waals surface area contributed by atoms with Gasteiger partial charge in [0.15, 0.2) is 0 Å². The van der Waals surface area contributed by atoms with Crippen molar-refractivity contribution in [1.29, 1.82) is 0 Å². The zero-order valence-corrected chi connectivity index (χ0v) is 7.31. The van der Waals surface area contributed by atoms with Gasteiger partial charge in [0.1, 0.15) is 12.4 Å². The minimum atomic E-state index is -0.689. The van der Waals surface area contributed by atoms with Crippen LogP contribution in [0.15, 0.2) is 18.2 Å². The van der Waals surface area contributed by atoms with Gasteiger partial charge < -0.3 is 10.4 Å². The second kappa shape index (κ2) is 4.20. The first-order valence-electron chi connectivity index (χ1n) is 3.49. The van der Waals surface area contributed by atoms with Gasteiger partial charge in [-0.2, -0.15) is 0 Å². The maximum atomic E-state index is 12.9. The van der Waals surface area contributed by atoms with E-state index in [1.807, 2.05) is 0 Å². The zero-order chi connectivity index (χ0) is 9.84. The van der Waals surface area contributed by atoms with E-state index in [2.05, 4.69) is 5.32 Å². The molecule has 0 heterocycles. The van der Waals surface area contributed by atoms with E-state index in [9.17, 15) is 9.18 Å². The molecular formula is C8H7ClFNO2. The molecule has 0 fully saturated rings. The van der Waals surface area contributed by atoms with E-state index in [4.69, 9.17) is 16.7 Å². The van der Waals surface area contributed by atoms with Gasteiger partial charge in [0.25, 0.3) is 0 Å². The first-order valence-corrected chi connectivity index (χ1v) is 3.87. The number of halogens is 2. The van der Waals surface area contributed by atoms with Gasteiger partial charge in [0.2, 0.25) is 5.91 Å². The second-order valence-electron chi connectivity index (χ2n) is 2.33. The standard InChI is InChI=1S/C8H7ClFNO2/c9-5-1-2-6(10)7(3-5)11-8(13)4-12/h1-3,12H,4H2,(H,11,13). The maximum absolute atomic E-state index is 12.9. The Kier molecular flexibility index (Phi) is 3.22. The molecule has 0 radical (unpaired) electrons. The van der Waals surface area contributed by atoms with Crippen LogP contribution in [0.3, 0.4) is 0 Å². The third-order valence-corrected chi connectivity index (χ3v) is 1.58. The van der Waals surface area contributed by atoms with Crippen LogP contribution >= 0.6 is 11.6 Å². The summed E-state index contributed by atoms with van der Waals surface area (Å²) in [5.74, 6) is -1.27. The lowest BCUT2D eigenvalue weighted by molar-refractivity contribution is -0.118. The molecule has 0 aliphatic heterocycles. The number of aliphatic hydroxyl groups is 1. The van der Waals surface area contributed by atoms with E-state index < -0.39 is 18.3 Å². The minimum absolute atomic E-state index is 0.0356. The van der Waals surface area contributed by atoms with Crippen molar-refractivity contribution in [2.45, 2.75) is 0 Å². The van der Waals surface area contributed by atoms with Crippen molar-refractivity contribution in [3.63, 3.8) is 0 Å². The molecule has 3 nitrogen and oxygen atoms in total. The van der Waals surface area contributed by atoms with E-state index in [1.165, 1.54) is 12.1 Å². The van der Waals surface area contributed by atoms with Crippen molar-refractivity contribution in [3.05, 3.63) is 29.0 Å². The Hall–Kier alpha value is -1.13. The Morgan fingerprint density at radius 3 is 2.92 bits per heavy atom. The number of hydrogen-bond acceptors (Lipinski definition) is 2. The molecule has 0 aromatic heterocycles. The average molecular weight is 204 g/mol. The fourth-order valence-electron chi connectivity index (χ4n) is 0.783. The molecule has 0 aliphatic rings. The summed E-state index contributed by atoms with van der Waals surface area (Å²) in [4.78, 5) is 10.7. The molecule has 0 aliphatic carbocycles. The first kappa shape index (κ1) is 9.95. The van der Waals surface area contributed by atoms with Gasteiger partial charge in [0, 0.05) is 5.02 Å². The van der Waals surface area contributed by atoms with E-state index in [1.54, 1.807) is 0 Å². The Morgan fingerprint density at radius 2 is 2.31 bits per heavy atom. The zero-order valence-electron chi connectivity index (χ0n) is 6.55. The van der Waals surface area contributed by atoms with Crippen LogP contribution in [0.5, 0.6) is 0 Å². The number of amides is 1. The molecule has 1 rings (SSSR count). The summed E-state index contributed by atoms with van der Waals surface area (Å²) in [6.07, 6.45) is 0. The van der Waals surface area contributed by atoms with Crippen LogP contribution in [0.25, 0.3) is 0 Å². The summed E-state index contributed by atoms with van der Waals surface area (Å²) in [5, 5.41) is 10.9. The molecule has 70 valence electrons. The molecule has 1 aromatic rings. The summed E-state index contributed by atoms with van der Waals surface area (Å²) in [7, 11) is 0. The number of nitrogens with one attached hydrogen (secondary N) is 1. The van der Waals surface area contributed by atoms with Gasteiger partial charge in [-0.1, -0.05) is 11.6 Å². The van der Waals surface area contributed by atoms with E-state index in [0.29, 0.717) is 5.02 Å². The van der Waals surface area contributed by atoms with Crippen LogP contribution in [0.4, 0.5) is 10.1 Å². The second-order valence-corrected chi connectivity index (χ2v) is 2.77. The lowest BCUT2D eigenvalue weighted by Crippen LogP contribution is -2.16. The molecule has 0 saturated heterocycles. The average Bonchev–Trinajstić information content (AvgIpc) is 2.11. The molecule has 0 unspecified atom stereocenters. The first-order chi connectivity index (χ1) is 6.13. The van der Waals surface area contributed by atoms with Crippen LogP contribution in [-0.4, -0.2) is 17.6 Å². The fraction of sp³-hybridized carbons (Fsp3) is 0.125. The fourth-order valence-corrected chi connectivity index (χ4v) is 0.955. The van der Waals surface area contributed by atoms with Crippen molar-refractivity contribution in [1.82, 2.24) is 0 Å². The van der Waals surface area contributed by atoms with Gasteiger partial charge in [-0.25, -0.2) is 4.39 Å². The molecule has 5 heteroatoms. The van der Waals surface area contributed by atoms with Gasteiger partial charge in [-0.15, -0.1) is 0 Å². The van der Waals surface area contributed by atoms with Crippen LogP contribution in [-0.2, 0) is 4.79 Å². The quantitative estimate of drug-likeness (QED) is 0.764. The third kappa shape index (κ3) is 2.68. The number of carbonyl (C=O) groups excluding carboxylic acids is 1. The van der Waals surface area contributed by atoms with Crippen molar-refractivity contribution in [3.8, 4) is 0 Å². The van der Waals surface area contributed by atoms with E-state index in [-0.39, 0.29) is 5.69 Å². The molecule has 2 N–H and O–H groups in total. The van der Waals surface area contributed by atoms with Crippen LogP contribution in [0.2, 0.25) is 5.02 Å². The minimum Gasteiger partial charge on any atom is -0.387 e. The monoisotopic (exact) mass is 203 g/mol. The number of rotatable bonds is 2. The third-order valence-electron chi connectivity index (χ3n) is 1.35. The van der Waals surface area contributed by atoms with Gasteiger partial charge in [-0.05, 0) is 18.2 Å². The molecule has 0 bridgehead atoms. The molecule has 1 aromatic carbocycles. The predicted octanol–water partition coefficient (Wildman–Crippen LogP) is 1.41.